The molecule has 35 heavy (non-hydrogen) atoms. The van der Waals surface area contributed by atoms with Gasteiger partial charge in [0.25, 0.3) is 5.91 Å². The van der Waals surface area contributed by atoms with Crippen LogP contribution in [0.3, 0.4) is 0 Å². The number of aromatic nitrogens is 2. The number of carbonyl (C=O) groups is 2. The van der Waals surface area contributed by atoms with Gasteiger partial charge in [-0.1, -0.05) is 6.58 Å². The standard InChI is InChI=1S/C24H23ClF2N6O2/c1-3-22(34)32(2)20-15-18(9-10-19(20)27)30-21-11-13-29-24(31-21)33(25)14-4-12-28-23(35)16-5-7-17(26)8-6-16/h3,5-11,13,15H,1,4,12,14H2,2H3,(H,28,35)(H,29,30,31). The Morgan fingerprint density at radius 3 is 2.60 bits per heavy atom. The molecule has 0 aliphatic carbocycles. The van der Waals surface area contributed by atoms with Gasteiger partial charge in [0.1, 0.15) is 17.5 Å². The van der Waals surface area contributed by atoms with Gasteiger partial charge in [0.2, 0.25) is 11.9 Å². The van der Waals surface area contributed by atoms with Gasteiger partial charge in [0, 0.05) is 49.4 Å². The van der Waals surface area contributed by atoms with Crippen LogP contribution in [0, 0.1) is 11.6 Å². The van der Waals surface area contributed by atoms with Crippen molar-refractivity contribution in [1.29, 1.82) is 0 Å². The number of hydrogen-bond acceptors (Lipinski definition) is 6. The zero-order valence-corrected chi connectivity index (χ0v) is 19.6. The van der Waals surface area contributed by atoms with Gasteiger partial charge in [0.15, 0.2) is 0 Å². The van der Waals surface area contributed by atoms with Gasteiger partial charge in [-0.25, -0.2) is 13.8 Å². The minimum atomic E-state index is -0.560. The molecule has 0 spiro atoms. The topological polar surface area (TPSA) is 90.5 Å². The third-order valence-corrected chi connectivity index (χ3v) is 5.19. The molecule has 1 heterocycles. The van der Waals surface area contributed by atoms with Crippen molar-refractivity contribution in [1.82, 2.24) is 15.3 Å². The number of anilines is 4. The number of benzene rings is 2. The lowest BCUT2D eigenvalue weighted by Crippen LogP contribution is -2.27. The zero-order chi connectivity index (χ0) is 25.4. The minimum absolute atomic E-state index is 0.0795. The van der Waals surface area contributed by atoms with Crippen LogP contribution >= 0.6 is 11.8 Å². The molecular formula is C24H23ClF2N6O2. The Balaban J connectivity index is 1.56. The molecule has 2 amide bonds. The van der Waals surface area contributed by atoms with Gasteiger partial charge in [-0.3, -0.25) is 14.0 Å². The van der Waals surface area contributed by atoms with E-state index >= 15 is 0 Å². The molecule has 3 rings (SSSR count). The minimum Gasteiger partial charge on any atom is -0.352 e. The molecule has 0 aliphatic rings. The van der Waals surface area contributed by atoms with Crippen molar-refractivity contribution in [3.05, 3.63) is 84.6 Å². The highest BCUT2D eigenvalue weighted by atomic mass is 35.5. The van der Waals surface area contributed by atoms with Crippen molar-refractivity contribution in [3.8, 4) is 0 Å². The lowest BCUT2D eigenvalue weighted by atomic mass is 10.2. The van der Waals surface area contributed by atoms with Crippen molar-refractivity contribution < 1.29 is 18.4 Å². The average molecular weight is 501 g/mol. The smallest absolute Gasteiger partial charge is 0.251 e. The van der Waals surface area contributed by atoms with Crippen molar-refractivity contribution in [3.63, 3.8) is 0 Å². The molecule has 8 nitrogen and oxygen atoms in total. The van der Waals surface area contributed by atoms with E-state index in [1.165, 1.54) is 60.1 Å². The van der Waals surface area contributed by atoms with E-state index in [1.807, 2.05) is 0 Å². The fraction of sp³-hybridized carbons (Fsp3) is 0.167. The summed E-state index contributed by atoms with van der Waals surface area (Å²) in [5.74, 6) is -1.10. The van der Waals surface area contributed by atoms with Crippen molar-refractivity contribution in [2.45, 2.75) is 6.42 Å². The van der Waals surface area contributed by atoms with E-state index in [1.54, 1.807) is 6.07 Å². The van der Waals surface area contributed by atoms with E-state index < -0.39 is 17.5 Å². The Morgan fingerprint density at radius 2 is 1.89 bits per heavy atom. The van der Waals surface area contributed by atoms with E-state index in [0.29, 0.717) is 36.6 Å². The summed E-state index contributed by atoms with van der Waals surface area (Å²) >= 11 is 6.29. The molecule has 0 radical (unpaired) electrons. The summed E-state index contributed by atoms with van der Waals surface area (Å²) in [6.45, 7) is 4.09. The maximum absolute atomic E-state index is 14.2. The number of carbonyl (C=O) groups excluding carboxylic acids is 2. The zero-order valence-electron chi connectivity index (χ0n) is 18.8. The number of nitrogens with zero attached hydrogens (tertiary/aromatic N) is 4. The second-order valence-electron chi connectivity index (χ2n) is 7.34. The second-order valence-corrected chi connectivity index (χ2v) is 7.74. The highest BCUT2D eigenvalue weighted by Gasteiger charge is 2.14. The number of amides is 2. The quantitative estimate of drug-likeness (QED) is 0.243. The van der Waals surface area contributed by atoms with Crippen LogP contribution in [0.5, 0.6) is 0 Å². The molecule has 11 heteroatoms. The predicted octanol–water partition coefficient (Wildman–Crippen LogP) is 4.43. The second kappa shape index (κ2) is 11.9. The molecule has 0 aliphatic heterocycles. The van der Waals surface area contributed by atoms with Gasteiger partial charge in [0.05, 0.1) is 5.69 Å². The van der Waals surface area contributed by atoms with Gasteiger partial charge in [-0.2, -0.15) is 4.98 Å². The molecule has 0 saturated carbocycles. The Hall–Kier alpha value is -4.05. The van der Waals surface area contributed by atoms with Crippen LogP contribution < -0.4 is 20.0 Å². The molecule has 0 unspecified atom stereocenters. The summed E-state index contributed by atoms with van der Waals surface area (Å²) in [5, 5.41) is 5.77. The molecule has 182 valence electrons. The average Bonchev–Trinajstić information content (AvgIpc) is 2.87. The monoisotopic (exact) mass is 500 g/mol. The van der Waals surface area contributed by atoms with E-state index in [4.69, 9.17) is 11.8 Å². The normalized spacial score (nSPS) is 10.4. The highest BCUT2D eigenvalue weighted by molar-refractivity contribution is 6.25. The molecule has 0 atom stereocenters. The summed E-state index contributed by atoms with van der Waals surface area (Å²) < 4.78 is 28.5. The maximum Gasteiger partial charge on any atom is 0.251 e. The summed E-state index contributed by atoms with van der Waals surface area (Å²) in [5.41, 5.74) is 0.940. The van der Waals surface area contributed by atoms with Gasteiger partial charge in [-0.15, -0.1) is 0 Å². The van der Waals surface area contributed by atoms with Gasteiger partial charge >= 0.3 is 0 Å². The first-order valence-electron chi connectivity index (χ1n) is 10.6. The van der Waals surface area contributed by atoms with E-state index in [9.17, 15) is 18.4 Å². The lowest BCUT2D eigenvalue weighted by Gasteiger charge is -2.18. The number of hydrogen-bond donors (Lipinski definition) is 2. The predicted molar refractivity (Wildman–Crippen MR) is 132 cm³/mol. The Labute approximate surface area is 206 Å². The number of halogens is 3. The summed E-state index contributed by atoms with van der Waals surface area (Å²) in [6, 6.07) is 11.1. The van der Waals surface area contributed by atoms with Crippen molar-refractivity contribution >= 4 is 46.7 Å². The Kier molecular flexibility index (Phi) is 8.69. The summed E-state index contributed by atoms with van der Waals surface area (Å²) in [7, 11) is 1.45. The van der Waals surface area contributed by atoms with Crippen LogP contribution in [0.2, 0.25) is 0 Å². The van der Waals surface area contributed by atoms with Gasteiger partial charge < -0.3 is 15.5 Å². The third-order valence-electron chi connectivity index (χ3n) is 4.87. The first-order chi connectivity index (χ1) is 16.8. The largest absolute Gasteiger partial charge is 0.352 e. The highest BCUT2D eigenvalue weighted by Crippen LogP contribution is 2.25. The van der Waals surface area contributed by atoms with E-state index in [-0.39, 0.29) is 17.5 Å². The molecule has 0 saturated heterocycles. The molecule has 2 aromatic carbocycles. The fourth-order valence-corrected chi connectivity index (χ4v) is 3.21. The SMILES string of the molecule is C=CC(=O)N(C)c1cc(Nc2ccnc(N(Cl)CCCNC(=O)c3ccc(F)cc3)n2)ccc1F. The van der Waals surface area contributed by atoms with Crippen LogP contribution in [0.1, 0.15) is 16.8 Å². The third kappa shape index (κ3) is 6.97. The van der Waals surface area contributed by atoms with E-state index in [2.05, 4.69) is 27.2 Å². The molecule has 1 aromatic heterocycles. The maximum atomic E-state index is 14.2. The molecule has 0 fully saturated rings. The molecular weight excluding hydrogens is 478 g/mol. The van der Waals surface area contributed by atoms with Crippen LogP contribution in [-0.4, -0.2) is 41.9 Å². The number of likely N-dealkylation sites (N-methyl/N-ethyl adjacent to an activating group) is 1. The lowest BCUT2D eigenvalue weighted by molar-refractivity contribution is -0.113. The molecule has 2 N–H and O–H groups in total. The van der Waals surface area contributed by atoms with Crippen molar-refractivity contribution in [2.24, 2.45) is 0 Å². The number of rotatable bonds is 10. The fourth-order valence-electron chi connectivity index (χ4n) is 3.01. The summed E-state index contributed by atoms with van der Waals surface area (Å²) in [4.78, 5) is 33.5. The first-order valence-corrected chi connectivity index (χ1v) is 10.9. The number of nitrogens with one attached hydrogen (secondary N) is 2. The van der Waals surface area contributed by atoms with Crippen molar-refractivity contribution in [2.75, 3.05) is 34.8 Å². The first kappa shape index (κ1) is 25.6. The van der Waals surface area contributed by atoms with E-state index in [0.717, 1.165) is 11.0 Å². The Morgan fingerprint density at radius 1 is 1.14 bits per heavy atom. The van der Waals surface area contributed by atoms with Gasteiger partial charge in [-0.05, 0) is 61.0 Å². The van der Waals surface area contributed by atoms with Crippen LogP contribution in [0.4, 0.5) is 31.9 Å². The molecule has 0 bridgehead atoms. The Bertz CT molecular complexity index is 1210. The van der Waals surface area contributed by atoms with Crippen LogP contribution in [0.25, 0.3) is 0 Å². The van der Waals surface area contributed by atoms with Crippen LogP contribution in [0.15, 0.2) is 67.4 Å². The molecule has 3 aromatic rings. The summed E-state index contributed by atoms with van der Waals surface area (Å²) in [6.07, 6.45) is 3.11. The van der Waals surface area contributed by atoms with Crippen LogP contribution in [-0.2, 0) is 4.79 Å².